The maximum absolute atomic E-state index is 11.1. The van der Waals surface area contributed by atoms with Crippen LogP contribution in [0, 0.1) is 5.92 Å². The van der Waals surface area contributed by atoms with Crippen LogP contribution >= 0.6 is 0 Å². The minimum absolute atomic E-state index is 0.0257. The van der Waals surface area contributed by atoms with E-state index in [0.717, 1.165) is 5.69 Å². The highest BCUT2D eigenvalue weighted by Crippen LogP contribution is 2.18. The Bertz CT molecular complexity index is 346. The summed E-state index contributed by atoms with van der Waals surface area (Å²) in [7, 11) is 1.64. The third-order valence-electron chi connectivity index (χ3n) is 2.66. The Kier molecular flexibility index (Phi) is 4.49. The van der Waals surface area contributed by atoms with E-state index in [1.807, 2.05) is 4.57 Å². The molecule has 0 aliphatic rings. The molecule has 5 heteroatoms. The van der Waals surface area contributed by atoms with Crippen LogP contribution in [0.4, 0.5) is 0 Å². The van der Waals surface area contributed by atoms with Gasteiger partial charge < -0.3 is 15.6 Å². The van der Waals surface area contributed by atoms with Gasteiger partial charge >= 0.3 is 0 Å². The van der Waals surface area contributed by atoms with E-state index in [4.69, 9.17) is 5.73 Å². The standard InChI is InChI=1S/C11H20N4O/c1-8(2)11(12)9-6-14-7-15(9)5-4-10(16)13-3/h6-8,11H,4-5,12H2,1-3H3,(H,13,16). The minimum Gasteiger partial charge on any atom is -0.359 e. The molecular formula is C11H20N4O. The summed E-state index contributed by atoms with van der Waals surface area (Å²) < 4.78 is 1.94. The lowest BCUT2D eigenvalue weighted by atomic mass is 10.0. The third kappa shape index (κ3) is 3.06. The van der Waals surface area contributed by atoms with Gasteiger partial charge in [-0.2, -0.15) is 0 Å². The zero-order valence-electron chi connectivity index (χ0n) is 10.1. The molecule has 0 fully saturated rings. The molecule has 0 radical (unpaired) electrons. The van der Waals surface area contributed by atoms with Gasteiger partial charge in [-0.25, -0.2) is 4.98 Å². The average molecular weight is 224 g/mol. The maximum Gasteiger partial charge on any atom is 0.221 e. The molecule has 0 aromatic carbocycles. The number of rotatable bonds is 5. The van der Waals surface area contributed by atoms with Gasteiger partial charge in [0.1, 0.15) is 0 Å². The molecule has 0 saturated heterocycles. The van der Waals surface area contributed by atoms with Crippen molar-refractivity contribution in [2.24, 2.45) is 11.7 Å². The van der Waals surface area contributed by atoms with Crippen LogP contribution in [0.3, 0.4) is 0 Å². The van der Waals surface area contributed by atoms with Crippen LogP contribution in [0.1, 0.15) is 32.0 Å². The first-order chi connectivity index (χ1) is 7.56. The molecule has 16 heavy (non-hydrogen) atoms. The third-order valence-corrected chi connectivity index (χ3v) is 2.66. The summed E-state index contributed by atoms with van der Waals surface area (Å²) in [4.78, 5) is 15.2. The van der Waals surface area contributed by atoms with Crippen LogP contribution in [-0.4, -0.2) is 22.5 Å². The van der Waals surface area contributed by atoms with Crippen LogP contribution in [0.15, 0.2) is 12.5 Å². The van der Waals surface area contributed by atoms with Crippen LogP contribution in [0.2, 0.25) is 0 Å². The normalized spacial score (nSPS) is 12.8. The monoisotopic (exact) mass is 224 g/mol. The summed E-state index contributed by atoms with van der Waals surface area (Å²) in [6.07, 6.45) is 3.94. The first-order valence-corrected chi connectivity index (χ1v) is 5.52. The summed E-state index contributed by atoms with van der Waals surface area (Å²) in [5.74, 6) is 0.383. The van der Waals surface area contributed by atoms with E-state index >= 15 is 0 Å². The molecule has 0 aliphatic carbocycles. The number of hydrogen-bond acceptors (Lipinski definition) is 3. The lowest BCUT2D eigenvalue weighted by Gasteiger charge is -2.17. The molecule has 0 saturated carbocycles. The second kappa shape index (κ2) is 5.65. The van der Waals surface area contributed by atoms with Crippen molar-refractivity contribution in [3.63, 3.8) is 0 Å². The van der Waals surface area contributed by atoms with Gasteiger partial charge in [0.05, 0.1) is 12.0 Å². The van der Waals surface area contributed by atoms with E-state index in [1.54, 1.807) is 19.6 Å². The molecule has 1 amide bonds. The topological polar surface area (TPSA) is 72.9 Å². The van der Waals surface area contributed by atoms with Crippen LogP contribution in [0.25, 0.3) is 0 Å². The zero-order chi connectivity index (χ0) is 12.1. The van der Waals surface area contributed by atoms with Crippen LogP contribution in [-0.2, 0) is 11.3 Å². The van der Waals surface area contributed by atoms with Gasteiger partial charge in [0.25, 0.3) is 0 Å². The number of nitrogens with zero attached hydrogens (tertiary/aromatic N) is 2. The molecule has 5 nitrogen and oxygen atoms in total. The SMILES string of the molecule is CNC(=O)CCn1cncc1C(N)C(C)C. The largest absolute Gasteiger partial charge is 0.359 e. The molecule has 0 spiro atoms. The van der Waals surface area contributed by atoms with Crippen molar-refractivity contribution in [3.8, 4) is 0 Å². The number of nitrogens with one attached hydrogen (secondary N) is 1. The fourth-order valence-electron chi connectivity index (χ4n) is 1.48. The molecule has 1 atom stereocenters. The molecular weight excluding hydrogens is 204 g/mol. The van der Waals surface area contributed by atoms with E-state index in [-0.39, 0.29) is 11.9 Å². The molecule has 1 unspecified atom stereocenters. The second-order valence-corrected chi connectivity index (χ2v) is 4.20. The van der Waals surface area contributed by atoms with E-state index in [2.05, 4.69) is 24.1 Å². The zero-order valence-corrected chi connectivity index (χ0v) is 10.1. The Morgan fingerprint density at radius 3 is 2.88 bits per heavy atom. The molecule has 1 aromatic heterocycles. The lowest BCUT2D eigenvalue weighted by Crippen LogP contribution is -2.23. The fraction of sp³-hybridized carbons (Fsp3) is 0.636. The Hall–Kier alpha value is -1.36. The Morgan fingerprint density at radius 2 is 2.31 bits per heavy atom. The molecule has 1 aromatic rings. The van der Waals surface area contributed by atoms with E-state index in [1.165, 1.54) is 0 Å². The number of amides is 1. The smallest absolute Gasteiger partial charge is 0.221 e. The highest BCUT2D eigenvalue weighted by atomic mass is 16.1. The molecule has 1 rings (SSSR count). The van der Waals surface area contributed by atoms with Crippen molar-refractivity contribution < 1.29 is 4.79 Å². The first kappa shape index (κ1) is 12.7. The molecule has 1 heterocycles. The first-order valence-electron chi connectivity index (χ1n) is 5.52. The number of aryl methyl sites for hydroxylation is 1. The van der Waals surface area contributed by atoms with Crippen molar-refractivity contribution >= 4 is 5.91 Å². The van der Waals surface area contributed by atoms with Gasteiger partial charge in [-0.05, 0) is 5.92 Å². The number of nitrogens with two attached hydrogens (primary N) is 1. The Morgan fingerprint density at radius 1 is 1.62 bits per heavy atom. The predicted octanol–water partition coefficient (Wildman–Crippen LogP) is 0.675. The maximum atomic E-state index is 11.1. The molecule has 0 aliphatic heterocycles. The van der Waals surface area contributed by atoms with Gasteiger partial charge in [-0.15, -0.1) is 0 Å². The summed E-state index contributed by atoms with van der Waals surface area (Å²) >= 11 is 0. The lowest BCUT2D eigenvalue weighted by molar-refractivity contribution is -0.120. The quantitative estimate of drug-likeness (QED) is 0.772. The summed E-state index contributed by atoms with van der Waals surface area (Å²) in [6.45, 7) is 4.76. The highest BCUT2D eigenvalue weighted by molar-refractivity contribution is 5.75. The second-order valence-electron chi connectivity index (χ2n) is 4.20. The fourth-order valence-corrected chi connectivity index (χ4v) is 1.48. The number of imidazole rings is 1. The van der Waals surface area contributed by atoms with Gasteiger partial charge in [-0.1, -0.05) is 13.8 Å². The Labute approximate surface area is 96.0 Å². The van der Waals surface area contributed by atoms with E-state index in [9.17, 15) is 4.79 Å². The number of hydrogen-bond donors (Lipinski definition) is 2. The molecule has 90 valence electrons. The molecule has 3 N–H and O–H groups in total. The van der Waals surface area contributed by atoms with Crippen molar-refractivity contribution in [2.45, 2.75) is 32.9 Å². The van der Waals surface area contributed by atoms with Crippen LogP contribution < -0.4 is 11.1 Å². The van der Waals surface area contributed by atoms with Gasteiger partial charge in [-0.3, -0.25) is 4.79 Å². The van der Waals surface area contributed by atoms with Crippen LogP contribution in [0.5, 0.6) is 0 Å². The Balaban J connectivity index is 2.67. The van der Waals surface area contributed by atoms with Crippen molar-refractivity contribution in [3.05, 3.63) is 18.2 Å². The average Bonchev–Trinajstić information content (AvgIpc) is 2.72. The molecule has 0 bridgehead atoms. The number of carbonyl (C=O) groups excluding carboxylic acids is 1. The summed E-state index contributed by atoms with van der Waals surface area (Å²) in [5.41, 5.74) is 7.05. The van der Waals surface area contributed by atoms with E-state index < -0.39 is 0 Å². The van der Waals surface area contributed by atoms with Gasteiger partial charge in [0, 0.05) is 32.3 Å². The minimum atomic E-state index is -0.0350. The summed E-state index contributed by atoms with van der Waals surface area (Å²) in [6, 6.07) is -0.0350. The predicted molar refractivity (Wildman–Crippen MR) is 62.7 cm³/mol. The van der Waals surface area contributed by atoms with Crippen molar-refractivity contribution in [2.75, 3.05) is 7.05 Å². The number of aromatic nitrogens is 2. The van der Waals surface area contributed by atoms with Gasteiger partial charge in [0.2, 0.25) is 5.91 Å². The summed E-state index contributed by atoms with van der Waals surface area (Å²) in [5, 5.41) is 2.59. The van der Waals surface area contributed by atoms with Crippen molar-refractivity contribution in [1.82, 2.24) is 14.9 Å². The van der Waals surface area contributed by atoms with Crippen molar-refractivity contribution in [1.29, 1.82) is 0 Å². The number of carbonyl (C=O) groups is 1. The van der Waals surface area contributed by atoms with Gasteiger partial charge in [0.15, 0.2) is 0 Å². The van der Waals surface area contributed by atoms with E-state index in [0.29, 0.717) is 18.9 Å². The highest BCUT2D eigenvalue weighted by Gasteiger charge is 2.15.